The average molecular weight is 163 g/mol. The van der Waals surface area contributed by atoms with Gasteiger partial charge in [-0.2, -0.15) is 0 Å². The molecule has 4 heteroatoms. The first-order valence-corrected chi connectivity index (χ1v) is 3.01. The van der Waals surface area contributed by atoms with Gasteiger partial charge in [-0.1, -0.05) is 0 Å². The molecule has 0 unspecified atom stereocenters. The van der Waals surface area contributed by atoms with Gasteiger partial charge >= 0.3 is 5.97 Å². The number of ether oxygens (including phenoxy) is 1. The molecule has 0 aromatic heterocycles. The predicted octanol–water partition coefficient (Wildman–Crippen LogP) is 1.22. The third-order valence-corrected chi connectivity index (χ3v) is 0.580. The molecule has 0 atom stereocenters. The lowest BCUT2D eigenvalue weighted by Gasteiger charge is -1.78. The second kappa shape index (κ2) is 4.99. The zero-order valence-corrected chi connectivity index (χ0v) is 6.22. The molecule has 0 fully saturated rings. The summed E-state index contributed by atoms with van der Waals surface area (Å²) in [4.78, 5) is 19.2. The van der Waals surface area contributed by atoms with Crippen LogP contribution in [0.15, 0.2) is 12.3 Å². The Morgan fingerprint density at radius 3 is 2.40 bits per heavy atom. The summed E-state index contributed by atoms with van der Waals surface area (Å²) in [7, 11) is 0. The minimum absolute atomic E-state index is 0.157. The van der Waals surface area contributed by atoms with E-state index in [-0.39, 0.29) is 11.2 Å². The molecule has 0 aliphatic carbocycles. The van der Waals surface area contributed by atoms with Crippen LogP contribution in [0.3, 0.4) is 0 Å². The summed E-state index contributed by atoms with van der Waals surface area (Å²) in [5.41, 5.74) is 0. The van der Waals surface area contributed by atoms with Gasteiger partial charge in [-0.05, 0) is 17.7 Å². The monoisotopic (exact) mass is 162 g/mol. The van der Waals surface area contributed by atoms with Crippen molar-refractivity contribution in [2.45, 2.75) is 13.3 Å². The fourth-order valence-corrected chi connectivity index (χ4v) is 0.316. The van der Waals surface area contributed by atoms with Crippen LogP contribution >= 0.6 is 11.6 Å². The molecule has 0 radical (unpaired) electrons. The van der Waals surface area contributed by atoms with E-state index in [2.05, 4.69) is 16.3 Å². The van der Waals surface area contributed by atoms with Crippen molar-refractivity contribution in [3.05, 3.63) is 12.3 Å². The lowest BCUT2D eigenvalue weighted by atomic mass is 10.5. The van der Waals surface area contributed by atoms with Gasteiger partial charge in [0.2, 0.25) is 5.24 Å². The molecule has 56 valence electrons. The van der Waals surface area contributed by atoms with Gasteiger partial charge in [0.05, 0.1) is 12.7 Å². The number of hydrogen-bond acceptors (Lipinski definition) is 3. The molecule has 0 bridgehead atoms. The molecule has 0 N–H and O–H groups in total. The van der Waals surface area contributed by atoms with E-state index in [1.165, 1.54) is 13.2 Å². The van der Waals surface area contributed by atoms with Crippen LogP contribution in [-0.4, -0.2) is 11.2 Å². The Morgan fingerprint density at radius 1 is 1.80 bits per heavy atom. The molecular formula is C6H7ClO3. The van der Waals surface area contributed by atoms with Crippen LogP contribution in [0.2, 0.25) is 0 Å². The van der Waals surface area contributed by atoms with Gasteiger partial charge in [0.1, 0.15) is 0 Å². The third-order valence-electron chi connectivity index (χ3n) is 0.580. The Balaban J connectivity index is 0.000000180. The van der Waals surface area contributed by atoms with E-state index in [0.717, 1.165) is 0 Å². The smallest absolute Gasteiger partial charge is 0.314 e. The Morgan fingerprint density at radius 2 is 2.30 bits per heavy atom. The molecule has 3 nitrogen and oxygen atoms in total. The van der Waals surface area contributed by atoms with E-state index in [1.54, 1.807) is 6.08 Å². The summed E-state index contributed by atoms with van der Waals surface area (Å²) in [5.74, 6) is -0.157. The summed E-state index contributed by atoms with van der Waals surface area (Å²) >= 11 is 4.64. The van der Waals surface area contributed by atoms with Gasteiger partial charge in [-0.3, -0.25) is 9.59 Å². The first-order valence-electron chi connectivity index (χ1n) is 2.63. The van der Waals surface area contributed by atoms with Crippen LogP contribution < -0.4 is 0 Å². The number of hydrogen-bond donors (Lipinski definition) is 0. The van der Waals surface area contributed by atoms with Crippen LogP contribution in [0.25, 0.3) is 0 Å². The maximum absolute atomic E-state index is 9.96. The highest BCUT2D eigenvalue weighted by Crippen LogP contribution is 1.96. The first kappa shape index (κ1) is 9.17. The van der Waals surface area contributed by atoms with Crippen LogP contribution in [-0.2, 0) is 14.3 Å². The Hall–Kier alpha value is -0.830. The van der Waals surface area contributed by atoms with Crippen molar-refractivity contribution in [2.24, 2.45) is 0 Å². The van der Waals surface area contributed by atoms with E-state index in [1.807, 2.05) is 0 Å². The summed E-state index contributed by atoms with van der Waals surface area (Å²) in [6, 6.07) is 0. The topological polar surface area (TPSA) is 43.4 Å². The third kappa shape index (κ3) is 7.17. The number of cyclic esters (lactones) is 1. The van der Waals surface area contributed by atoms with Gasteiger partial charge < -0.3 is 4.74 Å². The maximum atomic E-state index is 9.96. The maximum Gasteiger partial charge on any atom is 0.314 e. The first-order chi connectivity index (χ1) is 4.63. The highest BCUT2D eigenvalue weighted by atomic mass is 35.5. The summed E-state index contributed by atoms with van der Waals surface area (Å²) in [6.45, 7) is 1.29. The molecule has 0 saturated carbocycles. The predicted molar refractivity (Wildman–Crippen MR) is 36.4 cm³/mol. The molecule has 0 saturated heterocycles. The standard InChI is InChI=1S/C4H4O2.C2H3ClO/c5-4-2-1-3-6-4;1-2(3)4/h1,3H,2H2;1H3. The second-order valence-electron chi connectivity index (χ2n) is 1.54. The van der Waals surface area contributed by atoms with Gasteiger partial charge in [-0.15, -0.1) is 0 Å². The van der Waals surface area contributed by atoms with Crippen LogP contribution in [0.1, 0.15) is 13.3 Å². The lowest BCUT2D eigenvalue weighted by Crippen LogP contribution is -1.87. The Bertz CT molecular complexity index is 148. The van der Waals surface area contributed by atoms with E-state index >= 15 is 0 Å². The van der Waals surface area contributed by atoms with Crippen molar-refractivity contribution in [2.75, 3.05) is 0 Å². The minimum Gasteiger partial charge on any atom is -0.435 e. The highest BCUT2D eigenvalue weighted by molar-refractivity contribution is 6.62. The van der Waals surface area contributed by atoms with E-state index < -0.39 is 0 Å². The number of esters is 1. The lowest BCUT2D eigenvalue weighted by molar-refractivity contribution is -0.135. The SMILES string of the molecule is CC(=O)Cl.O=C1CC=CO1. The summed E-state index contributed by atoms with van der Waals surface area (Å²) < 4.78 is 4.33. The molecule has 0 spiro atoms. The largest absolute Gasteiger partial charge is 0.435 e. The molecule has 0 aromatic rings. The second-order valence-corrected chi connectivity index (χ2v) is 2.07. The fourth-order valence-electron chi connectivity index (χ4n) is 0.316. The van der Waals surface area contributed by atoms with Crippen molar-refractivity contribution >= 4 is 22.8 Å². The molecule has 0 amide bonds. The van der Waals surface area contributed by atoms with Gasteiger partial charge in [-0.25, -0.2) is 0 Å². The van der Waals surface area contributed by atoms with Gasteiger partial charge in [0, 0.05) is 6.92 Å². The van der Waals surface area contributed by atoms with Crippen molar-refractivity contribution in [3.63, 3.8) is 0 Å². The average Bonchev–Trinajstić information content (AvgIpc) is 2.15. The van der Waals surface area contributed by atoms with Crippen LogP contribution in [0.5, 0.6) is 0 Å². The molecule has 0 aromatic carbocycles. The van der Waals surface area contributed by atoms with Crippen molar-refractivity contribution in [1.29, 1.82) is 0 Å². The van der Waals surface area contributed by atoms with Crippen LogP contribution in [0, 0.1) is 0 Å². The number of rotatable bonds is 0. The van der Waals surface area contributed by atoms with E-state index in [0.29, 0.717) is 6.42 Å². The molecular weight excluding hydrogens is 156 g/mol. The number of halogens is 1. The number of carbonyl (C=O) groups is 2. The summed E-state index contributed by atoms with van der Waals surface area (Å²) in [5, 5.41) is -0.361. The van der Waals surface area contributed by atoms with Gasteiger partial charge in [0.25, 0.3) is 0 Å². The molecule has 10 heavy (non-hydrogen) atoms. The quantitative estimate of drug-likeness (QED) is 0.397. The Labute approximate surface area is 63.6 Å². The van der Waals surface area contributed by atoms with Crippen molar-refractivity contribution < 1.29 is 14.3 Å². The van der Waals surface area contributed by atoms with Gasteiger partial charge in [0.15, 0.2) is 0 Å². The molecule has 1 heterocycles. The normalized spacial score (nSPS) is 13.6. The molecule has 1 aliphatic rings. The van der Waals surface area contributed by atoms with Crippen molar-refractivity contribution in [3.8, 4) is 0 Å². The Kier molecular flexibility index (Phi) is 4.58. The molecule has 1 aliphatic heterocycles. The zero-order valence-electron chi connectivity index (χ0n) is 5.46. The zero-order chi connectivity index (χ0) is 7.98. The number of carbonyl (C=O) groups excluding carboxylic acids is 2. The minimum atomic E-state index is -0.361. The van der Waals surface area contributed by atoms with E-state index in [4.69, 9.17) is 0 Å². The van der Waals surface area contributed by atoms with Crippen molar-refractivity contribution in [1.82, 2.24) is 0 Å². The molecule has 1 rings (SSSR count). The van der Waals surface area contributed by atoms with Crippen LogP contribution in [0.4, 0.5) is 0 Å². The summed E-state index contributed by atoms with van der Waals surface area (Å²) in [6.07, 6.45) is 3.53. The highest BCUT2D eigenvalue weighted by Gasteiger charge is 2.00. The van der Waals surface area contributed by atoms with E-state index in [9.17, 15) is 9.59 Å². The fraction of sp³-hybridized carbons (Fsp3) is 0.333.